The van der Waals surface area contributed by atoms with Gasteiger partial charge in [-0.2, -0.15) is 0 Å². The van der Waals surface area contributed by atoms with Crippen molar-refractivity contribution in [1.82, 2.24) is 0 Å². The molecule has 2 N–H and O–H groups in total. The van der Waals surface area contributed by atoms with Crippen molar-refractivity contribution in [3.8, 4) is 5.75 Å². The second kappa shape index (κ2) is 9.36. The van der Waals surface area contributed by atoms with E-state index in [1.807, 2.05) is 18.2 Å². The van der Waals surface area contributed by atoms with Crippen LogP contribution in [-0.4, -0.2) is 21.3 Å². The van der Waals surface area contributed by atoms with Crippen LogP contribution in [0.4, 0.5) is 0 Å². The van der Waals surface area contributed by atoms with E-state index in [2.05, 4.69) is 29.5 Å². The van der Waals surface area contributed by atoms with E-state index < -0.39 is 0 Å². The Kier molecular flexibility index (Phi) is 7.10. The van der Waals surface area contributed by atoms with Crippen molar-refractivity contribution in [2.24, 2.45) is 5.16 Å². The fraction of sp³-hybridized carbons (Fsp3) is 0.389. The van der Waals surface area contributed by atoms with Crippen molar-refractivity contribution >= 4 is 17.5 Å². The Morgan fingerprint density at radius 3 is 2.36 bits per heavy atom. The number of rotatable bonds is 2. The highest BCUT2D eigenvalue weighted by atomic mass is 32.2. The van der Waals surface area contributed by atoms with Crippen LogP contribution in [0.3, 0.4) is 0 Å². The van der Waals surface area contributed by atoms with Gasteiger partial charge in [-0.3, -0.25) is 0 Å². The molecule has 22 heavy (non-hydrogen) atoms. The molecular weight excluding hydrogens is 294 g/mol. The van der Waals surface area contributed by atoms with E-state index in [1.54, 1.807) is 17.8 Å². The van der Waals surface area contributed by atoms with Gasteiger partial charge in [0.15, 0.2) is 0 Å². The maximum atomic E-state index is 9.96. The van der Waals surface area contributed by atoms with Gasteiger partial charge in [-0.05, 0) is 50.7 Å². The zero-order valence-electron chi connectivity index (χ0n) is 12.7. The summed E-state index contributed by atoms with van der Waals surface area (Å²) in [4.78, 5) is 0.834. The Morgan fingerprint density at radius 1 is 0.955 bits per heavy atom. The molecule has 3 nitrogen and oxygen atoms in total. The lowest BCUT2D eigenvalue weighted by molar-refractivity contribution is 0.316. The van der Waals surface area contributed by atoms with Gasteiger partial charge >= 0.3 is 0 Å². The molecule has 0 fully saturated rings. The van der Waals surface area contributed by atoms with Gasteiger partial charge < -0.3 is 10.3 Å². The lowest BCUT2D eigenvalue weighted by Gasteiger charge is -2.18. The molecule has 1 aromatic carbocycles. The molecule has 0 aromatic heterocycles. The summed E-state index contributed by atoms with van der Waals surface area (Å²) < 4.78 is 0. The minimum atomic E-state index is 0.0794. The zero-order valence-corrected chi connectivity index (χ0v) is 13.5. The van der Waals surface area contributed by atoms with Gasteiger partial charge in [0, 0.05) is 4.90 Å². The van der Waals surface area contributed by atoms with Gasteiger partial charge in [0.1, 0.15) is 5.75 Å². The number of phenolic OH excluding ortho intramolecular Hbond substituents is 1. The van der Waals surface area contributed by atoms with Crippen LogP contribution in [0.25, 0.3) is 0 Å². The molecule has 0 heterocycles. The molecule has 4 heteroatoms. The Bertz CT molecular complexity index is 552. The highest BCUT2D eigenvalue weighted by Gasteiger charge is 2.19. The van der Waals surface area contributed by atoms with E-state index in [0.717, 1.165) is 49.1 Å². The number of hydrogen-bond donors (Lipinski definition) is 2. The summed E-state index contributed by atoms with van der Waals surface area (Å²) in [6.07, 6.45) is 14.4. The Hall–Kier alpha value is -1.68. The van der Waals surface area contributed by atoms with Crippen LogP contribution in [0.15, 0.2) is 58.6 Å². The topological polar surface area (TPSA) is 52.8 Å². The molecule has 1 atom stereocenters. The smallest absolute Gasteiger partial charge is 0.129 e. The molecular formula is C18H23NO2S. The monoisotopic (exact) mass is 317 g/mol. The summed E-state index contributed by atoms with van der Waals surface area (Å²) in [6, 6.07) is 7.32. The first kappa shape index (κ1) is 16.7. The highest BCUT2D eigenvalue weighted by molar-refractivity contribution is 8.00. The third-order valence-electron chi connectivity index (χ3n) is 3.63. The zero-order chi connectivity index (χ0) is 15.6. The summed E-state index contributed by atoms with van der Waals surface area (Å²) in [5.74, 6) is 0.284. The second-order valence-electron chi connectivity index (χ2n) is 5.30. The Balaban J connectivity index is 2.13. The maximum Gasteiger partial charge on any atom is 0.129 e. The van der Waals surface area contributed by atoms with E-state index in [-0.39, 0.29) is 11.0 Å². The first-order chi connectivity index (χ1) is 10.8. The molecule has 1 aliphatic rings. The minimum absolute atomic E-state index is 0.0794. The predicted octanol–water partition coefficient (Wildman–Crippen LogP) is 5.15. The number of thioether (sulfide) groups is 1. The number of oxime groups is 1. The van der Waals surface area contributed by atoms with Gasteiger partial charge in [0.2, 0.25) is 0 Å². The normalized spacial score (nSPS) is 22.2. The Morgan fingerprint density at radius 2 is 1.64 bits per heavy atom. The van der Waals surface area contributed by atoms with Crippen molar-refractivity contribution in [2.75, 3.05) is 0 Å². The van der Waals surface area contributed by atoms with Gasteiger partial charge in [0.25, 0.3) is 0 Å². The van der Waals surface area contributed by atoms with Crippen LogP contribution in [0.1, 0.15) is 38.5 Å². The number of benzene rings is 1. The molecule has 1 unspecified atom stereocenters. The quantitative estimate of drug-likeness (QED) is 0.450. The molecule has 0 amide bonds. The fourth-order valence-corrected chi connectivity index (χ4v) is 3.63. The van der Waals surface area contributed by atoms with Crippen LogP contribution >= 0.6 is 11.8 Å². The summed E-state index contributed by atoms with van der Waals surface area (Å²) in [6.45, 7) is 0. The molecule has 0 spiro atoms. The molecule has 0 saturated heterocycles. The molecule has 1 aliphatic carbocycles. The number of para-hydroxylation sites is 1. The lowest BCUT2D eigenvalue weighted by atomic mass is 10.1. The van der Waals surface area contributed by atoms with E-state index >= 15 is 0 Å². The molecule has 1 aromatic rings. The van der Waals surface area contributed by atoms with Crippen LogP contribution in [0.5, 0.6) is 5.75 Å². The first-order valence-electron chi connectivity index (χ1n) is 7.76. The average molecular weight is 317 g/mol. The van der Waals surface area contributed by atoms with Crippen LogP contribution in [0.2, 0.25) is 0 Å². The molecule has 2 rings (SSSR count). The lowest BCUT2D eigenvalue weighted by Crippen LogP contribution is -2.17. The van der Waals surface area contributed by atoms with Crippen LogP contribution in [0, 0.1) is 0 Å². The van der Waals surface area contributed by atoms with E-state index in [1.165, 1.54) is 0 Å². The van der Waals surface area contributed by atoms with E-state index in [9.17, 15) is 10.3 Å². The minimum Gasteiger partial charge on any atom is -0.507 e. The third-order valence-corrected chi connectivity index (χ3v) is 5.02. The van der Waals surface area contributed by atoms with Gasteiger partial charge in [-0.25, -0.2) is 0 Å². The van der Waals surface area contributed by atoms with Gasteiger partial charge in [-0.15, -0.1) is 11.8 Å². The Labute approximate surface area is 136 Å². The molecule has 0 radical (unpaired) electrons. The van der Waals surface area contributed by atoms with E-state index in [4.69, 9.17) is 0 Å². The van der Waals surface area contributed by atoms with Crippen molar-refractivity contribution in [2.45, 2.75) is 48.7 Å². The van der Waals surface area contributed by atoms with Crippen molar-refractivity contribution in [1.29, 1.82) is 0 Å². The number of phenols is 1. The van der Waals surface area contributed by atoms with Crippen molar-refractivity contribution < 1.29 is 10.3 Å². The van der Waals surface area contributed by atoms with Crippen molar-refractivity contribution in [3.63, 3.8) is 0 Å². The van der Waals surface area contributed by atoms with Crippen molar-refractivity contribution in [3.05, 3.63) is 48.6 Å². The molecule has 0 bridgehead atoms. The second-order valence-corrected chi connectivity index (χ2v) is 6.55. The standard InChI is InChI=1S/C18H23NO2S/c20-16-12-9-10-14-18(16)22-17-13-8-6-4-2-1-3-5-7-11-15(17)19-21/h3-6,9-10,12,14,17,20-21H,1-2,7-8,11,13H2. The average Bonchev–Trinajstić information content (AvgIpc) is 2.52. The first-order valence-corrected chi connectivity index (χ1v) is 8.64. The fourth-order valence-electron chi connectivity index (χ4n) is 2.42. The molecule has 0 saturated carbocycles. The summed E-state index contributed by atoms with van der Waals surface area (Å²) in [5.41, 5.74) is 0.798. The maximum absolute atomic E-state index is 9.96. The molecule has 118 valence electrons. The third kappa shape index (κ3) is 5.26. The van der Waals surface area contributed by atoms with Gasteiger partial charge in [-0.1, -0.05) is 41.6 Å². The largest absolute Gasteiger partial charge is 0.507 e. The number of aromatic hydroxyl groups is 1. The SMILES string of the molecule is ON=C1CCC=CCCC=CCCC1Sc1ccccc1O. The molecule has 0 aliphatic heterocycles. The summed E-state index contributed by atoms with van der Waals surface area (Å²) >= 11 is 1.58. The number of hydrogen-bond acceptors (Lipinski definition) is 4. The highest BCUT2D eigenvalue weighted by Crippen LogP contribution is 2.34. The number of allylic oxidation sites excluding steroid dienone is 4. The van der Waals surface area contributed by atoms with Crippen LogP contribution < -0.4 is 0 Å². The predicted molar refractivity (Wildman–Crippen MR) is 93.0 cm³/mol. The summed E-state index contributed by atoms with van der Waals surface area (Å²) in [7, 11) is 0. The van der Waals surface area contributed by atoms with Crippen LogP contribution in [-0.2, 0) is 0 Å². The van der Waals surface area contributed by atoms with E-state index in [0.29, 0.717) is 0 Å². The summed E-state index contributed by atoms with van der Waals surface area (Å²) in [5, 5.41) is 23.0. The number of nitrogens with zero attached hydrogens (tertiary/aromatic N) is 1. The van der Waals surface area contributed by atoms with Gasteiger partial charge in [0.05, 0.1) is 11.0 Å².